The quantitative estimate of drug-likeness (QED) is 0.736. The molecule has 0 amide bonds. The van der Waals surface area contributed by atoms with Crippen molar-refractivity contribution in [1.29, 1.82) is 0 Å². The third-order valence-corrected chi connectivity index (χ3v) is 2.81. The maximum Gasteiger partial charge on any atom is 0.0590 e. The van der Waals surface area contributed by atoms with Gasteiger partial charge in [0.1, 0.15) is 0 Å². The molecule has 0 bridgehead atoms. The number of ether oxygens (including phenoxy) is 1. The third-order valence-electron chi connectivity index (χ3n) is 2.81. The predicted molar refractivity (Wildman–Crippen MR) is 73.7 cm³/mol. The monoisotopic (exact) mass is 236 g/mol. The van der Waals surface area contributed by atoms with Gasteiger partial charge in [-0.2, -0.15) is 0 Å². The van der Waals surface area contributed by atoms with Crippen LogP contribution in [-0.4, -0.2) is 33.9 Å². The number of rotatable bonds is 7. The van der Waals surface area contributed by atoms with Crippen molar-refractivity contribution in [2.75, 3.05) is 38.8 Å². The Morgan fingerprint density at radius 1 is 1.24 bits per heavy atom. The molecule has 0 saturated carbocycles. The number of nitrogens with one attached hydrogen (secondary N) is 1. The number of hydrogen-bond acceptors (Lipinski definition) is 3. The molecule has 0 aromatic heterocycles. The largest absolute Gasteiger partial charge is 0.380 e. The SMILES string of the molecule is CCOCCNC(C)c1ccc(N(C)C)cc1. The van der Waals surface area contributed by atoms with E-state index >= 15 is 0 Å². The summed E-state index contributed by atoms with van der Waals surface area (Å²) in [4.78, 5) is 2.11. The number of nitrogens with zero attached hydrogens (tertiary/aromatic N) is 1. The normalized spacial score (nSPS) is 12.5. The lowest BCUT2D eigenvalue weighted by molar-refractivity contribution is 0.147. The van der Waals surface area contributed by atoms with E-state index in [4.69, 9.17) is 4.74 Å². The minimum atomic E-state index is 0.367. The van der Waals surface area contributed by atoms with Crippen molar-refractivity contribution in [3.05, 3.63) is 29.8 Å². The van der Waals surface area contributed by atoms with Gasteiger partial charge in [0.2, 0.25) is 0 Å². The van der Waals surface area contributed by atoms with E-state index in [0.29, 0.717) is 6.04 Å². The van der Waals surface area contributed by atoms with Crippen molar-refractivity contribution in [2.24, 2.45) is 0 Å². The van der Waals surface area contributed by atoms with Crippen LogP contribution in [0.3, 0.4) is 0 Å². The summed E-state index contributed by atoms with van der Waals surface area (Å²) in [5, 5.41) is 3.44. The molecule has 1 unspecified atom stereocenters. The van der Waals surface area contributed by atoms with Gasteiger partial charge in [0, 0.05) is 39.0 Å². The molecule has 1 aromatic rings. The van der Waals surface area contributed by atoms with Gasteiger partial charge in [0.25, 0.3) is 0 Å². The van der Waals surface area contributed by atoms with Crippen LogP contribution in [0.25, 0.3) is 0 Å². The maximum absolute atomic E-state index is 5.30. The van der Waals surface area contributed by atoms with E-state index < -0.39 is 0 Å². The topological polar surface area (TPSA) is 24.5 Å². The Hall–Kier alpha value is -1.06. The minimum Gasteiger partial charge on any atom is -0.380 e. The van der Waals surface area contributed by atoms with E-state index in [-0.39, 0.29) is 0 Å². The molecule has 0 saturated heterocycles. The molecule has 0 heterocycles. The first-order valence-electron chi connectivity index (χ1n) is 6.23. The van der Waals surface area contributed by atoms with Crippen LogP contribution in [0.15, 0.2) is 24.3 Å². The summed E-state index contributed by atoms with van der Waals surface area (Å²) in [6.45, 7) is 6.65. The first-order valence-corrected chi connectivity index (χ1v) is 6.23. The molecule has 17 heavy (non-hydrogen) atoms. The fourth-order valence-corrected chi connectivity index (χ4v) is 1.67. The van der Waals surface area contributed by atoms with E-state index in [1.165, 1.54) is 11.3 Å². The Morgan fingerprint density at radius 2 is 1.88 bits per heavy atom. The van der Waals surface area contributed by atoms with Gasteiger partial charge in [-0.1, -0.05) is 12.1 Å². The first kappa shape index (κ1) is 14.0. The lowest BCUT2D eigenvalue weighted by Gasteiger charge is -2.17. The van der Waals surface area contributed by atoms with Crippen LogP contribution in [-0.2, 0) is 4.74 Å². The summed E-state index contributed by atoms with van der Waals surface area (Å²) < 4.78 is 5.30. The number of benzene rings is 1. The van der Waals surface area contributed by atoms with Gasteiger partial charge in [-0.15, -0.1) is 0 Å². The molecule has 0 radical (unpaired) electrons. The Bertz CT molecular complexity index is 309. The highest BCUT2D eigenvalue weighted by atomic mass is 16.5. The van der Waals surface area contributed by atoms with Gasteiger partial charge >= 0.3 is 0 Å². The van der Waals surface area contributed by atoms with E-state index in [0.717, 1.165) is 19.8 Å². The lowest BCUT2D eigenvalue weighted by Crippen LogP contribution is -2.23. The van der Waals surface area contributed by atoms with Gasteiger partial charge in [0.15, 0.2) is 0 Å². The van der Waals surface area contributed by atoms with Crippen molar-refractivity contribution in [3.63, 3.8) is 0 Å². The Morgan fingerprint density at radius 3 is 2.41 bits per heavy atom. The summed E-state index contributed by atoms with van der Waals surface area (Å²) in [7, 11) is 4.11. The van der Waals surface area contributed by atoms with Crippen LogP contribution in [0.2, 0.25) is 0 Å². The average molecular weight is 236 g/mol. The minimum absolute atomic E-state index is 0.367. The number of anilines is 1. The standard InChI is InChI=1S/C14H24N2O/c1-5-17-11-10-15-12(2)13-6-8-14(9-7-13)16(3)4/h6-9,12,15H,5,10-11H2,1-4H3. The second-order valence-corrected chi connectivity index (χ2v) is 4.36. The molecule has 1 rings (SSSR count). The summed E-state index contributed by atoms with van der Waals surface area (Å²) >= 11 is 0. The van der Waals surface area contributed by atoms with Crippen LogP contribution in [0.5, 0.6) is 0 Å². The van der Waals surface area contributed by atoms with Gasteiger partial charge in [-0.05, 0) is 31.5 Å². The average Bonchev–Trinajstić information content (AvgIpc) is 2.34. The molecule has 96 valence electrons. The van der Waals surface area contributed by atoms with Crippen LogP contribution >= 0.6 is 0 Å². The zero-order valence-electron chi connectivity index (χ0n) is 11.4. The summed E-state index contributed by atoms with van der Waals surface area (Å²) in [6.07, 6.45) is 0. The van der Waals surface area contributed by atoms with Gasteiger partial charge in [-0.3, -0.25) is 0 Å². The van der Waals surface area contributed by atoms with E-state index in [9.17, 15) is 0 Å². The fraction of sp³-hybridized carbons (Fsp3) is 0.571. The van der Waals surface area contributed by atoms with Crippen molar-refractivity contribution in [3.8, 4) is 0 Å². The Labute approximate surface area is 105 Å². The molecule has 1 atom stereocenters. The fourth-order valence-electron chi connectivity index (χ4n) is 1.67. The van der Waals surface area contributed by atoms with E-state index in [1.807, 2.05) is 6.92 Å². The molecule has 3 nitrogen and oxygen atoms in total. The summed E-state index contributed by atoms with van der Waals surface area (Å²) in [5.41, 5.74) is 2.54. The second kappa shape index (κ2) is 7.30. The van der Waals surface area contributed by atoms with Crippen molar-refractivity contribution < 1.29 is 4.74 Å². The molecule has 1 aromatic carbocycles. The smallest absolute Gasteiger partial charge is 0.0590 e. The summed E-state index contributed by atoms with van der Waals surface area (Å²) in [6, 6.07) is 9.01. The zero-order valence-corrected chi connectivity index (χ0v) is 11.4. The van der Waals surface area contributed by atoms with Crippen molar-refractivity contribution in [2.45, 2.75) is 19.9 Å². The number of hydrogen-bond donors (Lipinski definition) is 1. The highest BCUT2D eigenvalue weighted by Gasteiger charge is 2.04. The zero-order chi connectivity index (χ0) is 12.7. The third kappa shape index (κ3) is 4.75. The summed E-state index contributed by atoms with van der Waals surface area (Å²) in [5.74, 6) is 0. The first-order chi connectivity index (χ1) is 8.15. The molecule has 0 aliphatic carbocycles. The Balaban J connectivity index is 2.43. The molecule has 3 heteroatoms. The van der Waals surface area contributed by atoms with Crippen LogP contribution in [0, 0.1) is 0 Å². The van der Waals surface area contributed by atoms with Crippen LogP contribution in [0.1, 0.15) is 25.5 Å². The predicted octanol–water partition coefficient (Wildman–Crippen LogP) is 2.44. The maximum atomic E-state index is 5.30. The Kier molecular flexibility index (Phi) is 6.01. The van der Waals surface area contributed by atoms with Crippen LogP contribution in [0.4, 0.5) is 5.69 Å². The molecule has 1 N–H and O–H groups in total. The molecular formula is C14H24N2O. The van der Waals surface area contributed by atoms with Crippen LogP contribution < -0.4 is 10.2 Å². The van der Waals surface area contributed by atoms with Gasteiger partial charge < -0.3 is 15.0 Å². The van der Waals surface area contributed by atoms with Crippen molar-refractivity contribution in [1.82, 2.24) is 5.32 Å². The highest BCUT2D eigenvalue weighted by Crippen LogP contribution is 2.17. The molecule has 0 spiro atoms. The second-order valence-electron chi connectivity index (χ2n) is 4.36. The van der Waals surface area contributed by atoms with E-state index in [2.05, 4.69) is 55.5 Å². The lowest BCUT2D eigenvalue weighted by atomic mass is 10.1. The molecular weight excluding hydrogens is 212 g/mol. The van der Waals surface area contributed by atoms with Gasteiger partial charge in [0.05, 0.1) is 6.61 Å². The van der Waals surface area contributed by atoms with Gasteiger partial charge in [-0.25, -0.2) is 0 Å². The molecule has 0 aliphatic heterocycles. The highest BCUT2D eigenvalue weighted by molar-refractivity contribution is 5.46. The van der Waals surface area contributed by atoms with E-state index in [1.54, 1.807) is 0 Å². The molecule has 0 aliphatic rings. The molecule has 0 fully saturated rings. The van der Waals surface area contributed by atoms with Crippen molar-refractivity contribution >= 4 is 5.69 Å².